The molecule has 51 heavy (non-hydrogen) atoms. The van der Waals surface area contributed by atoms with Crippen LogP contribution in [0.15, 0.2) is 30.5 Å². The molecule has 0 amide bonds. The molecule has 3 aliphatic rings. The predicted molar refractivity (Wildman–Crippen MR) is 182 cm³/mol. The molecule has 5 heterocycles. The Balaban J connectivity index is 1.43. The van der Waals surface area contributed by atoms with Crippen LogP contribution in [0.5, 0.6) is 11.8 Å². The molecule has 3 aromatic heterocycles. The number of anilines is 3. The van der Waals surface area contributed by atoms with Crippen molar-refractivity contribution >= 4 is 49.0 Å². The minimum absolute atomic E-state index is 0.0229. The Bertz CT molecular complexity index is 2290. The molecule has 2 aromatic carbocycles. The molecule has 1 saturated carbocycles. The maximum atomic E-state index is 17.4. The number of ether oxygens (including phenoxy) is 2. The summed E-state index contributed by atoms with van der Waals surface area (Å²) in [6.45, 7) is 4.32. The molecule has 2 fully saturated rings. The number of rotatable bonds is 6. The van der Waals surface area contributed by atoms with Crippen molar-refractivity contribution in [3.63, 3.8) is 0 Å². The minimum atomic E-state index is -5.20. The second kappa shape index (κ2) is 11.8. The van der Waals surface area contributed by atoms with Crippen LogP contribution in [0.3, 0.4) is 0 Å². The van der Waals surface area contributed by atoms with Crippen LogP contribution in [0.4, 0.5) is 38.6 Å². The zero-order valence-electron chi connectivity index (χ0n) is 27.6. The number of nitrogens with zero attached hydrogens (tertiary/aromatic N) is 6. The van der Waals surface area contributed by atoms with Gasteiger partial charge in [-0.3, -0.25) is 4.90 Å². The third-order valence-corrected chi connectivity index (χ3v) is 11.4. The lowest BCUT2D eigenvalue weighted by Crippen LogP contribution is -2.41. The minimum Gasteiger partial charge on any atom is -0.490 e. The van der Waals surface area contributed by atoms with Crippen molar-refractivity contribution in [2.24, 2.45) is 11.8 Å². The summed E-state index contributed by atoms with van der Waals surface area (Å²) in [7, 11) is 2.00. The van der Waals surface area contributed by atoms with E-state index in [2.05, 4.69) is 19.9 Å². The normalized spacial score (nSPS) is 21.2. The van der Waals surface area contributed by atoms with Crippen LogP contribution in [-0.4, -0.2) is 58.7 Å². The van der Waals surface area contributed by atoms with Crippen molar-refractivity contribution in [2.45, 2.75) is 44.6 Å². The number of nitriles is 1. The molecule has 1 aliphatic carbocycles. The number of thiophene rings is 1. The Hall–Kier alpha value is -5.01. The number of hydrogen-bond donors (Lipinski definition) is 2. The fraction of sp³-hybridized carbons (Fsp3) is 0.371. The molecule has 16 heteroatoms. The average molecular weight is 723 g/mol. The van der Waals surface area contributed by atoms with Gasteiger partial charge in [-0.15, -0.1) is 11.3 Å². The van der Waals surface area contributed by atoms with E-state index >= 15 is 22.0 Å². The number of likely N-dealkylation sites (tertiary alicyclic amines) is 1. The number of aromatic nitrogens is 3. The van der Waals surface area contributed by atoms with E-state index < -0.39 is 52.3 Å². The Kier molecular flexibility index (Phi) is 7.65. The van der Waals surface area contributed by atoms with E-state index in [1.807, 2.05) is 20.0 Å². The van der Waals surface area contributed by atoms with Crippen LogP contribution >= 0.6 is 11.3 Å². The van der Waals surface area contributed by atoms with Crippen LogP contribution in [0.2, 0.25) is 0 Å². The molecule has 0 radical (unpaired) electrons. The topological polar surface area (TPSA) is 139 Å². The number of alkyl halides is 3. The number of pyridine rings is 1. The lowest BCUT2D eigenvalue weighted by Gasteiger charge is -2.31. The number of nitrogens with two attached hydrogens (primary N) is 2. The van der Waals surface area contributed by atoms with Gasteiger partial charge in [0, 0.05) is 35.3 Å². The first kappa shape index (κ1) is 33.2. The van der Waals surface area contributed by atoms with Crippen molar-refractivity contribution in [2.75, 3.05) is 43.1 Å². The van der Waals surface area contributed by atoms with Gasteiger partial charge in [-0.2, -0.15) is 28.4 Å². The van der Waals surface area contributed by atoms with Gasteiger partial charge in [-0.05, 0) is 56.8 Å². The van der Waals surface area contributed by atoms with Crippen LogP contribution in [0.1, 0.15) is 43.0 Å². The highest BCUT2D eigenvalue weighted by atomic mass is 32.1. The summed E-state index contributed by atoms with van der Waals surface area (Å²) in [6, 6.07) is 6.39. The number of nitrogen functional groups attached to an aromatic ring is 2. The monoisotopic (exact) mass is 722 g/mol. The molecule has 264 valence electrons. The second-order valence-electron chi connectivity index (χ2n) is 13.3. The molecule has 0 spiro atoms. The number of fused-ring (bicyclic) bond motifs is 2. The quantitative estimate of drug-likeness (QED) is 0.178. The van der Waals surface area contributed by atoms with Crippen molar-refractivity contribution in [1.29, 1.82) is 5.26 Å². The molecule has 3 unspecified atom stereocenters. The van der Waals surface area contributed by atoms with Crippen LogP contribution < -0.4 is 25.8 Å². The smallest absolute Gasteiger partial charge is 0.420 e. The van der Waals surface area contributed by atoms with E-state index in [0.29, 0.717) is 28.7 Å². The van der Waals surface area contributed by atoms with Gasteiger partial charge >= 0.3 is 12.2 Å². The molecule has 5 aromatic rings. The van der Waals surface area contributed by atoms with Gasteiger partial charge in [0.2, 0.25) is 0 Å². The summed E-state index contributed by atoms with van der Waals surface area (Å²) in [4.78, 5) is 17.2. The molecule has 4 N–H and O–H groups in total. The zero-order chi connectivity index (χ0) is 36.1. The van der Waals surface area contributed by atoms with Crippen LogP contribution in [0, 0.1) is 34.8 Å². The third kappa shape index (κ3) is 5.16. The number of likely N-dealkylation sites (N-methyl/N-ethyl adjacent to an activating group) is 1. The first-order valence-corrected chi connectivity index (χ1v) is 17.1. The molecule has 5 atom stereocenters. The van der Waals surface area contributed by atoms with E-state index in [1.54, 1.807) is 24.0 Å². The van der Waals surface area contributed by atoms with Crippen molar-refractivity contribution in [3.05, 3.63) is 58.8 Å². The Labute approximate surface area is 292 Å². The van der Waals surface area contributed by atoms with Gasteiger partial charge in [0.05, 0.1) is 28.2 Å². The van der Waals surface area contributed by atoms with Gasteiger partial charge in [0.1, 0.15) is 58.1 Å². The maximum Gasteiger partial charge on any atom is 0.420 e. The number of halogens is 5. The number of benzene rings is 2. The molecule has 8 rings (SSSR count). The average Bonchev–Trinajstić information content (AvgIpc) is 3.66. The Morgan fingerprint density at radius 2 is 1.92 bits per heavy atom. The fourth-order valence-corrected chi connectivity index (χ4v) is 8.99. The standard InChI is InChI=1S/C35H31F5N8O2S/c1-14(17-5-4-8-44-31(17)42)48-9-10-49-29-24-27(45-34(46-33(24)48)50-15(2)28-19-11-16(19)13-47(28)3)26(37)23(25(29)35(38,39)40)18-6-7-21(36)30-22(18)20(12-41)32(43)51-30/h4-8,14-16,19,28H,9-11,13,43H2,1-3H3,(H2,42,44)/t14-,15?,16?,19?,28+/m1/s1. The van der Waals surface area contributed by atoms with Crippen molar-refractivity contribution in [1.82, 2.24) is 19.9 Å². The van der Waals surface area contributed by atoms with Crippen LogP contribution in [-0.2, 0) is 6.18 Å². The summed E-state index contributed by atoms with van der Waals surface area (Å²) >= 11 is 0.690. The fourth-order valence-electron chi connectivity index (χ4n) is 8.04. The summed E-state index contributed by atoms with van der Waals surface area (Å²) in [5, 5.41) is 9.24. The Morgan fingerprint density at radius 1 is 1.14 bits per heavy atom. The highest BCUT2D eigenvalue weighted by molar-refractivity contribution is 7.23. The number of piperidine rings is 1. The molecule has 2 aliphatic heterocycles. The predicted octanol–water partition coefficient (Wildman–Crippen LogP) is 6.92. The summed E-state index contributed by atoms with van der Waals surface area (Å²) in [5.41, 5.74) is 9.24. The van der Waals surface area contributed by atoms with E-state index in [-0.39, 0.29) is 68.4 Å². The first-order valence-electron chi connectivity index (χ1n) is 16.3. The van der Waals surface area contributed by atoms with Gasteiger partial charge in [-0.25, -0.2) is 13.8 Å². The molecular formula is C35H31F5N8O2S. The molecule has 10 nitrogen and oxygen atoms in total. The number of hydrogen-bond acceptors (Lipinski definition) is 11. The first-order chi connectivity index (χ1) is 24.3. The van der Waals surface area contributed by atoms with Crippen molar-refractivity contribution in [3.8, 4) is 29.0 Å². The van der Waals surface area contributed by atoms with Crippen molar-refractivity contribution < 1.29 is 31.4 Å². The van der Waals surface area contributed by atoms with E-state index in [4.69, 9.17) is 20.9 Å². The summed E-state index contributed by atoms with van der Waals surface area (Å²) in [6.07, 6.45) is -3.06. The highest BCUT2D eigenvalue weighted by Crippen LogP contribution is 2.54. The third-order valence-electron chi connectivity index (χ3n) is 10.3. The second-order valence-corrected chi connectivity index (χ2v) is 14.4. The largest absolute Gasteiger partial charge is 0.490 e. The van der Waals surface area contributed by atoms with Gasteiger partial charge in [0.15, 0.2) is 5.82 Å². The Morgan fingerprint density at radius 3 is 2.61 bits per heavy atom. The van der Waals surface area contributed by atoms with Gasteiger partial charge in [0.25, 0.3) is 0 Å². The summed E-state index contributed by atoms with van der Waals surface area (Å²) in [5.74, 6) is -1.76. The highest BCUT2D eigenvalue weighted by Gasteiger charge is 2.53. The zero-order valence-corrected chi connectivity index (χ0v) is 28.4. The van der Waals surface area contributed by atoms with E-state index in [0.717, 1.165) is 25.1 Å². The van der Waals surface area contributed by atoms with Crippen LogP contribution in [0.25, 0.3) is 32.1 Å². The lowest BCUT2D eigenvalue weighted by molar-refractivity contribution is -0.138. The summed E-state index contributed by atoms with van der Waals surface area (Å²) < 4.78 is 90.7. The molecule has 1 saturated heterocycles. The van der Waals surface area contributed by atoms with Gasteiger partial charge in [-0.1, -0.05) is 12.1 Å². The molecular weight excluding hydrogens is 691 g/mol. The maximum absolute atomic E-state index is 17.4. The molecule has 0 bridgehead atoms. The SMILES string of the molecule is CC(Oc1nc2c3c(c(C(F)(F)F)c(-c4ccc(F)c5sc(N)c(C#N)c45)c(F)c3n1)OCCN2[C@H](C)c1cccnc1N)[C@H]1C2CC2CN1C. The lowest BCUT2D eigenvalue weighted by atomic mass is 9.91. The van der Waals surface area contributed by atoms with E-state index in [1.165, 1.54) is 6.20 Å². The van der Waals surface area contributed by atoms with Gasteiger partial charge < -0.3 is 25.8 Å². The van der Waals surface area contributed by atoms with E-state index in [9.17, 15) is 5.26 Å².